The number of ether oxygens (including phenoxy) is 1. The van der Waals surface area contributed by atoms with Crippen LogP contribution in [0.4, 0.5) is 0 Å². The lowest BCUT2D eigenvalue weighted by atomic mass is 9.55. The SMILES string of the molecule is C[C@@]12CC[C@H]3c4ccc(OCCCC#N)cc4CC[C@@H]3[C@@H]1CCC2=O. The number of hydrogen-bond donors (Lipinski definition) is 0. The smallest absolute Gasteiger partial charge is 0.139 e. The van der Waals surface area contributed by atoms with Gasteiger partial charge in [-0.2, -0.15) is 5.26 Å². The molecule has 0 saturated heterocycles. The van der Waals surface area contributed by atoms with E-state index >= 15 is 0 Å². The average Bonchev–Trinajstić information content (AvgIpc) is 2.93. The number of rotatable bonds is 4. The molecule has 4 atom stereocenters. The molecule has 0 bridgehead atoms. The molecule has 1 aromatic rings. The normalized spacial score (nSPS) is 33.1. The maximum Gasteiger partial charge on any atom is 0.139 e. The predicted octanol–water partition coefficient (Wildman–Crippen LogP) is 4.79. The predicted molar refractivity (Wildman–Crippen MR) is 96.4 cm³/mol. The minimum absolute atomic E-state index is 0.0392. The fourth-order valence-electron chi connectivity index (χ4n) is 5.76. The molecule has 0 aliphatic heterocycles. The van der Waals surface area contributed by atoms with Gasteiger partial charge in [-0.25, -0.2) is 0 Å². The van der Waals surface area contributed by atoms with Crippen LogP contribution < -0.4 is 4.74 Å². The largest absolute Gasteiger partial charge is 0.494 e. The van der Waals surface area contributed by atoms with Crippen LogP contribution in [0.3, 0.4) is 0 Å². The standard InChI is InChI=1S/C22H27NO2/c1-22-11-10-18-17-7-5-16(25-13-3-2-12-23)14-15(17)4-6-19(18)20(22)8-9-21(22)24/h5,7,14,18-20H,2-4,6,8-11,13H2,1H3/t18-,19-,20-,22+/m0/s1. The summed E-state index contributed by atoms with van der Waals surface area (Å²) in [6.07, 6.45) is 7.76. The molecular formula is C22H27NO2. The van der Waals surface area contributed by atoms with Crippen LogP contribution in [0.1, 0.15) is 68.9 Å². The van der Waals surface area contributed by atoms with Crippen LogP contribution in [0.15, 0.2) is 18.2 Å². The Balaban J connectivity index is 1.51. The number of fused-ring (bicyclic) bond motifs is 5. The minimum Gasteiger partial charge on any atom is -0.494 e. The number of carbonyl (C=O) groups is 1. The van der Waals surface area contributed by atoms with Crippen LogP contribution in [-0.2, 0) is 11.2 Å². The van der Waals surface area contributed by atoms with Crippen molar-refractivity contribution in [1.82, 2.24) is 0 Å². The van der Waals surface area contributed by atoms with Gasteiger partial charge in [0.2, 0.25) is 0 Å². The first kappa shape index (κ1) is 16.6. The zero-order valence-electron chi connectivity index (χ0n) is 15.1. The van der Waals surface area contributed by atoms with E-state index in [0.717, 1.165) is 44.3 Å². The van der Waals surface area contributed by atoms with Gasteiger partial charge in [0.05, 0.1) is 12.7 Å². The lowest BCUT2D eigenvalue weighted by Crippen LogP contribution is -2.42. The highest BCUT2D eigenvalue weighted by Gasteiger charge is 2.54. The molecule has 3 aliphatic carbocycles. The van der Waals surface area contributed by atoms with Crippen molar-refractivity contribution in [1.29, 1.82) is 5.26 Å². The molecule has 132 valence electrons. The first-order chi connectivity index (χ1) is 12.1. The Labute approximate surface area is 150 Å². The van der Waals surface area contributed by atoms with Crippen molar-refractivity contribution in [3.05, 3.63) is 29.3 Å². The second-order valence-electron chi connectivity index (χ2n) is 8.30. The summed E-state index contributed by atoms with van der Waals surface area (Å²) in [6.45, 7) is 2.85. The lowest BCUT2D eigenvalue weighted by molar-refractivity contribution is -0.129. The number of nitriles is 1. The molecule has 0 aromatic heterocycles. The number of unbranched alkanes of at least 4 members (excludes halogenated alkanes) is 1. The Morgan fingerprint density at radius 1 is 1.28 bits per heavy atom. The summed E-state index contributed by atoms with van der Waals surface area (Å²) in [5, 5.41) is 8.60. The summed E-state index contributed by atoms with van der Waals surface area (Å²) in [4.78, 5) is 12.4. The number of hydrogen-bond acceptors (Lipinski definition) is 3. The maximum absolute atomic E-state index is 12.4. The van der Waals surface area contributed by atoms with E-state index in [1.165, 1.54) is 17.5 Å². The van der Waals surface area contributed by atoms with Crippen LogP contribution >= 0.6 is 0 Å². The van der Waals surface area contributed by atoms with Gasteiger partial charge in [-0.3, -0.25) is 4.79 Å². The van der Waals surface area contributed by atoms with Gasteiger partial charge in [-0.15, -0.1) is 0 Å². The summed E-state index contributed by atoms with van der Waals surface area (Å²) in [5.41, 5.74) is 2.90. The van der Waals surface area contributed by atoms with Crippen molar-refractivity contribution < 1.29 is 9.53 Å². The number of benzene rings is 1. The van der Waals surface area contributed by atoms with Gasteiger partial charge in [0, 0.05) is 18.3 Å². The van der Waals surface area contributed by atoms with Crippen molar-refractivity contribution in [3.63, 3.8) is 0 Å². The van der Waals surface area contributed by atoms with Gasteiger partial charge in [0.15, 0.2) is 0 Å². The molecular weight excluding hydrogens is 310 g/mol. The van der Waals surface area contributed by atoms with E-state index in [0.29, 0.717) is 36.6 Å². The Hall–Kier alpha value is -1.82. The van der Waals surface area contributed by atoms with Gasteiger partial charge >= 0.3 is 0 Å². The summed E-state index contributed by atoms with van der Waals surface area (Å²) >= 11 is 0. The van der Waals surface area contributed by atoms with Crippen LogP contribution in [0.2, 0.25) is 0 Å². The van der Waals surface area contributed by atoms with Crippen LogP contribution in [0.25, 0.3) is 0 Å². The van der Waals surface area contributed by atoms with E-state index in [9.17, 15) is 4.79 Å². The van der Waals surface area contributed by atoms with Gasteiger partial charge < -0.3 is 4.74 Å². The average molecular weight is 337 g/mol. The third-order valence-corrected chi connectivity index (χ3v) is 7.11. The molecule has 3 aliphatic rings. The fraction of sp³-hybridized carbons (Fsp3) is 0.636. The molecule has 2 saturated carbocycles. The zero-order chi connectivity index (χ0) is 17.4. The summed E-state index contributed by atoms with van der Waals surface area (Å²) < 4.78 is 5.81. The molecule has 3 nitrogen and oxygen atoms in total. The molecule has 0 unspecified atom stereocenters. The highest BCUT2D eigenvalue weighted by atomic mass is 16.5. The topological polar surface area (TPSA) is 50.1 Å². The van der Waals surface area contributed by atoms with Crippen molar-refractivity contribution in [2.75, 3.05) is 6.61 Å². The molecule has 25 heavy (non-hydrogen) atoms. The second kappa shape index (κ2) is 6.48. The summed E-state index contributed by atoms with van der Waals surface area (Å²) in [7, 11) is 0. The molecule has 3 heteroatoms. The maximum atomic E-state index is 12.4. The Bertz CT molecular complexity index is 719. The highest BCUT2D eigenvalue weighted by Crippen LogP contribution is 2.59. The molecule has 0 N–H and O–H groups in total. The third-order valence-electron chi connectivity index (χ3n) is 7.11. The quantitative estimate of drug-likeness (QED) is 0.742. The number of ketones is 1. The molecule has 0 spiro atoms. The number of nitrogens with zero attached hydrogens (tertiary/aromatic N) is 1. The van der Waals surface area contributed by atoms with Crippen LogP contribution in [0, 0.1) is 28.6 Å². The Kier molecular flexibility index (Phi) is 4.31. The first-order valence-electron chi connectivity index (χ1n) is 9.79. The van der Waals surface area contributed by atoms with E-state index in [-0.39, 0.29) is 5.41 Å². The van der Waals surface area contributed by atoms with Crippen LogP contribution in [0.5, 0.6) is 5.75 Å². The van der Waals surface area contributed by atoms with Gasteiger partial charge in [0.25, 0.3) is 0 Å². The van der Waals surface area contributed by atoms with E-state index in [1.54, 1.807) is 0 Å². The monoisotopic (exact) mass is 337 g/mol. The molecule has 0 heterocycles. The number of aryl methyl sites for hydroxylation is 1. The van der Waals surface area contributed by atoms with Gasteiger partial charge in [-0.05, 0) is 79.5 Å². The van der Waals surface area contributed by atoms with Crippen LogP contribution in [-0.4, -0.2) is 12.4 Å². The molecule has 1 aromatic carbocycles. The molecule has 2 fully saturated rings. The van der Waals surface area contributed by atoms with Crippen molar-refractivity contribution in [3.8, 4) is 11.8 Å². The molecule has 0 amide bonds. The summed E-state index contributed by atoms with van der Waals surface area (Å²) in [5.74, 6) is 3.35. The second-order valence-corrected chi connectivity index (χ2v) is 8.30. The van der Waals surface area contributed by atoms with E-state index in [4.69, 9.17) is 10.00 Å². The van der Waals surface area contributed by atoms with Gasteiger partial charge in [-0.1, -0.05) is 13.0 Å². The van der Waals surface area contributed by atoms with Gasteiger partial charge in [0.1, 0.15) is 11.5 Å². The van der Waals surface area contributed by atoms with E-state index in [2.05, 4.69) is 31.2 Å². The number of Topliss-reactive ketones (excluding diaryl/α,β-unsaturated/α-hetero) is 1. The molecule has 4 rings (SSSR count). The summed E-state index contributed by atoms with van der Waals surface area (Å²) in [6, 6.07) is 8.74. The van der Waals surface area contributed by atoms with Crippen molar-refractivity contribution in [2.45, 2.75) is 64.2 Å². The van der Waals surface area contributed by atoms with E-state index in [1.807, 2.05) is 0 Å². The van der Waals surface area contributed by atoms with Crippen molar-refractivity contribution in [2.24, 2.45) is 17.3 Å². The first-order valence-corrected chi connectivity index (χ1v) is 9.79. The Morgan fingerprint density at radius 2 is 2.16 bits per heavy atom. The zero-order valence-corrected chi connectivity index (χ0v) is 15.1. The minimum atomic E-state index is -0.0392. The fourth-order valence-corrected chi connectivity index (χ4v) is 5.76. The highest BCUT2D eigenvalue weighted by molar-refractivity contribution is 5.87. The Morgan fingerprint density at radius 3 is 3.00 bits per heavy atom. The lowest BCUT2D eigenvalue weighted by Gasteiger charge is -2.48. The van der Waals surface area contributed by atoms with E-state index < -0.39 is 0 Å². The third kappa shape index (κ3) is 2.76. The number of carbonyl (C=O) groups excluding carboxylic acids is 1. The van der Waals surface area contributed by atoms with Crippen molar-refractivity contribution >= 4 is 5.78 Å². The molecule has 0 radical (unpaired) electrons.